The molecule has 2 aromatic carbocycles. The van der Waals surface area contributed by atoms with Crippen LogP contribution in [-0.4, -0.2) is 23.0 Å². The van der Waals surface area contributed by atoms with Gasteiger partial charge in [0, 0.05) is 0 Å². The van der Waals surface area contributed by atoms with E-state index < -0.39 is 11.9 Å². The van der Waals surface area contributed by atoms with Crippen LogP contribution in [0.3, 0.4) is 0 Å². The highest BCUT2D eigenvalue weighted by Crippen LogP contribution is 2.40. The predicted octanol–water partition coefficient (Wildman–Crippen LogP) is 4.87. The molecule has 26 heavy (non-hydrogen) atoms. The first-order chi connectivity index (χ1) is 12.5. The van der Waals surface area contributed by atoms with Gasteiger partial charge in [0.05, 0.1) is 39.2 Å². The standard InChI is InChI=1S/C18H11Cl2N3O2S/c1-25-18(24)10(9-21)15-17(23-14-8-3-2-7-13(14)22-15)26-16-11(19)5-4-6-12(16)20/h2-8,10H,1H3. The molecule has 0 saturated carbocycles. The summed E-state index contributed by atoms with van der Waals surface area (Å²) in [6.07, 6.45) is 0. The van der Waals surface area contributed by atoms with E-state index in [1.165, 1.54) is 7.11 Å². The number of nitriles is 1. The third kappa shape index (κ3) is 3.61. The summed E-state index contributed by atoms with van der Waals surface area (Å²) < 4.78 is 4.73. The van der Waals surface area contributed by atoms with E-state index in [0.29, 0.717) is 31.0 Å². The molecule has 0 aliphatic heterocycles. The van der Waals surface area contributed by atoms with E-state index in [1.54, 1.807) is 36.4 Å². The maximum Gasteiger partial charge on any atom is 0.329 e. The molecule has 1 unspecified atom stereocenters. The molecule has 0 aliphatic carbocycles. The summed E-state index contributed by atoms with van der Waals surface area (Å²) in [5.74, 6) is -1.91. The Morgan fingerprint density at radius 1 is 1.12 bits per heavy atom. The summed E-state index contributed by atoms with van der Waals surface area (Å²) in [5.41, 5.74) is 1.41. The van der Waals surface area contributed by atoms with Crippen LogP contribution < -0.4 is 0 Å². The average molecular weight is 404 g/mol. The second kappa shape index (κ2) is 7.92. The van der Waals surface area contributed by atoms with E-state index in [-0.39, 0.29) is 5.69 Å². The van der Waals surface area contributed by atoms with Crippen molar-refractivity contribution in [3.63, 3.8) is 0 Å². The molecule has 130 valence electrons. The summed E-state index contributed by atoms with van der Waals surface area (Å²) in [7, 11) is 1.22. The number of aromatic nitrogens is 2. The molecule has 5 nitrogen and oxygen atoms in total. The van der Waals surface area contributed by atoms with Gasteiger partial charge in [0.1, 0.15) is 10.7 Å². The number of para-hydroxylation sites is 2. The fraction of sp³-hybridized carbons (Fsp3) is 0.111. The second-order valence-corrected chi connectivity index (χ2v) is 6.95. The van der Waals surface area contributed by atoms with Crippen molar-refractivity contribution in [2.24, 2.45) is 0 Å². The molecular weight excluding hydrogens is 393 g/mol. The maximum absolute atomic E-state index is 12.0. The highest BCUT2D eigenvalue weighted by molar-refractivity contribution is 7.99. The number of nitrogens with zero attached hydrogens (tertiary/aromatic N) is 3. The van der Waals surface area contributed by atoms with Gasteiger partial charge in [-0.25, -0.2) is 9.97 Å². The van der Waals surface area contributed by atoms with Crippen molar-refractivity contribution in [2.45, 2.75) is 15.8 Å². The Balaban J connectivity index is 2.20. The number of methoxy groups -OCH3 is 1. The average Bonchev–Trinajstić information content (AvgIpc) is 2.65. The number of hydrogen-bond donors (Lipinski definition) is 0. The summed E-state index contributed by atoms with van der Waals surface area (Å²) in [4.78, 5) is 21.7. The van der Waals surface area contributed by atoms with Crippen LogP contribution in [-0.2, 0) is 9.53 Å². The number of hydrogen-bond acceptors (Lipinski definition) is 6. The zero-order valence-electron chi connectivity index (χ0n) is 13.4. The number of carbonyl (C=O) groups excluding carboxylic acids is 1. The second-order valence-electron chi connectivity index (χ2n) is 5.14. The first-order valence-corrected chi connectivity index (χ1v) is 8.98. The van der Waals surface area contributed by atoms with Crippen LogP contribution in [0.15, 0.2) is 52.4 Å². The van der Waals surface area contributed by atoms with E-state index in [2.05, 4.69) is 9.97 Å². The molecule has 0 radical (unpaired) electrons. The molecule has 1 aromatic heterocycles. The van der Waals surface area contributed by atoms with Gasteiger partial charge in [-0.15, -0.1) is 0 Å². The van der Waals surface area contributed by atoms with Gasteiger partial charge < -0.3 is 4.74 Å². The number of halogens is 2. The van der Waals surface area contributed by atoms with Crippen LogP contribution in [0.5, 0.6) is 0 Å². The molecule has 0 aliphatic rings. The minimum atomic E-state index is -1.21. The topological polar surface area (TPSA) is 75.9 Å². The first kappa shape index (κ1) is 18.5. The zero-order chi connectivity index (χ0) is 18.7. The highest BCUT2D eigenvalue weighted by atomic mass is 35.5. The van der Waals surface area contributed by atoms with Crippen LogP contribution in [0.1, 0.15) is 11.6 Å². The quantitative estimate of drug-likeness (QED) is 0.578. The lowest BCUT2D eigenvalue weighted by molar-refractivity contribution is -0.141. The first-order valence-electron chi connectivity index (χ1n) is 7.41. The fourth-order valence-electron chi connectivity index (χ4n) is 2.28. The summed E-state index contributed by atoms with van der Waals surface area (Å²) in [6, 6.07) is 14.3. The summed E-state index contributed by atoms with van der Waals surface area (Å²) >= 11 is 13.6. The number of ether oxygens (including phenoxy) is 1. The Labute approximate surface area is 163 Å². The van der Waals surface area contributed by atoms with Crippen LogP contribution in [0.25, 0.3) is 11.0 Å². The third-order valence-electron chi connectivity index (χ3n) is 3.52. The molecule has 0 spiro atoms. The van der Waals surface area contributed by atoms with Crippen molar-refractivity contribution in [2.75, 3.05) is 7.11 Å². The molecule has 0 amide bonds. The van der Waals surface area contributed by atoms with Gasteiger partial charge in [-0.3, -0.25) is 4.79 Å². The molecular formula is C18H11Cl2N3O2S. The van der Waals surface area contributed by atoms with Crippen LogP contribution in [0.4, 0.5) is 0 Å². The zero-order valence-corrected chi connectivity index (χ0v) is 15.8. The molecule has 0 saturated heterocycles. The molecule has 0 N–H and O–H groups in total. The molecule has 0 bridgehead atoms. The lowest BCUT2D eigenvalue weighted by atomic mass is 10.1. The Morgan fingerprint density at radius 2 is 1.73 bits per heavy atom. The lowest BCUT2D eigenvalue weighted by Gasteiger charge is -2.13. The predicted molar refractivity (Wildman–Crippen MR) is 100 cm³/mol. The van der Waals surface area contributed by atoms with E-state index in [4.69, 9.17) is 27.9 Å². The van der Waals surface area contributed by atoms with Gasteiger partial charge in [0.15, 0.2) is 5.92 Å². The minimum absolute atomic E-state index is 0.207. The van der Waals surface area contributed by atoms with Gasteiger partial charge in [-0.1, -0.05) is 53.2 Å². The van der Waals surface area contributed by atoms with Gasteiger partial charge in [0.25, 0.3) is 0 Å². The number of rotatable bonds is 4. The molecule has 8 heteroatoms. The number of esters is 1. The molecule has 1 atom stereocenters. The number of carbonyl (C=O) groups is 1. The van der Waals surface area contributed by atoms with Gasteiger partial charge >= 0.3 is 5.97 Å². The van der Waals surface area contributed by atoms with Crippen LogP contribution in [0, 0.1) is 11.3 Å². The maximum atomic E-state index is 12.0. The van der Waals surface area contributed by atoms with Gasteiger partial charge in [-0.2, -0.15) is 5.26 Å². The Morgan fingerprint density at radius 3 is 2.31 bits per heavy atom. The van der Waals surface area contributed by atoms with E-state index in [9.17, 15) is 10.1 Å². The largest absolute Gasteiger partial charge is 0.468 e. The van der Waals surface area contributed by atoms with Gasteiger partial charge in [0.2, 0.25) is 0 Å². The minimum Gasteiger partial charge on any atom is -0.468 e. The molecule has 0 fully saturated rings. The van der Waals surface area contributed by atoms with Crippen molar-refractivity contribution in [3.8, 4) is 6.07 Å². The number of benzene rings is 2. The van der Waals surface area contributed by atoms with Crippen molar-refractivity contribution < 1.29 is 9.53 Å². The fourth-order valence-corrected chi connectivity index (χ4v) is 3.85. The normalized spacial score (nSPS) is 11.8. The van der Waals surface area contributed by atoms with E-state index >= 15 is 0 Å². The highest BCUT2D eigenvalue weighted by Gasteiger charge is 2.28. The van der Waals surface area contributed by atoms with Crippen LogP contribution >= 0.6 is 35.0 Å². The van der Waals surface area contributed by atoms with Crippen molar-refractivity contribution >= 4 is 52.0 Å². The Hall–Kier alpha value is -2.33. The summed E-state index contributed by atoms with van der Waals surface area (Å²) in [5, 5.41) is 10.7. The van der Waals surface area contributed by atoms with Crippen molar-refractivity contribution in [1.29, 1.82) is 5.26 Å². The third-order valence-corrected chi connectivity index (χ3v) is 5.51. The molecule has 1 heterocycles. The Bertz CT molecular complexity index is 1020. The number of fused-ring (bicyclic) bond motifs is 1. The Kier molecular flexibility index (Phi) is 5.62. The van der Waals surface area contributed by atoms with Crippen molar-refractivity contribution in [1.82, 2.24) is 9.97 Å². The van der Waals surface area contributed by atoms with Crippen LogP contribution in [0.2, 0.25) is 10.0 Å². The smallest absolute Gasteiger partial charge is 0.329 e. The van der Waals surface area contributed by atoms with Crippen molar-refractivity contribution in [3.05, 3.63) is 58.2 Å². The SMILES string of the molecule is COC(=O)C(C#N)c1nc2ccccc2nc1Sc1c(Cl)cccc1Cl. The lowest BCUT2D eigenvalue weighted by Crippen LogP contribution is -2.15. The summed E-state index contributed by atoms with van der Waals surface area (Å²) in [6.45, 7) is 0. The van der Waals surface area contributed by atoms with E-state index in [1.807, 2.05) is 12.1 Å². The molecule has 3 rings (SSSR count). The van der Waals surface area contributed by atoms with Gasteiger partial charge in [-0.05, 0) is 24.3 Å². The molecule has 3 aromatic rings. The van der Waals surface area contributed by atoms with E-state index in [0.717, 1.165) is 11.8 Å². The monoisotopic (exact) mass is 403 g/mol.